The summed E-state index contributed by atoms with van der Waals surface area (Å²) in [4.78, 5) is 0. The Labute approximate surface area is 135 Å². The maximum atomic E-state index is 10.1. The predicted molar refractivity (Wildman–Crippen MR) is 90.4 cm³/mol. The van der Waals surface area contributed by atoms with Crippen LogP contribution in [0.4, 0.5) is 0 Å². The van der Waals surface area contributed by atoms with E-state index in [1.165, 1.54) is 44.1 Å². The number of fused-ring (bicyclic) bond motifs is 5. The minimum atomic E-state index is -0.0912. The molecule has 1 heteroatoms. The number of allylic oxidation sites excluding steroid dienone is 2. The summed E-state index contributed by atoms with van der Waals surface area (Å²) in [6, 6.07) is 0. The van der Waals surface area contributed by atoms with Crippen molar-refractivity contribution < 1.29 is 5.11 Å². The molecular formula is C21H30O. The molecule has 4 rings (SSSR count). The summed E-state index contributed by atoms with van der Waals surface area (Å²) >= 11 is 0. The molecule has 0 saturated heterocycles. The zero-order valence-electron chi connectivity index (χ0n) is 14.2. The van der Waals surface area contributed by atoms with Gasteiger partial charge in [-0.1, -0.05) is 32.1 Å². The Morgan fingerprint density at radius 3 is 2.64 bits per heavy atom. The molecule has 0 aromatic carbocycles. The summed E-state index contributed by atoms with van der Waals surface area (Å²) in [5.74, 6) is 2.51. The van der Waals surface area contributed by atoms with Crippen molar-refractivity contribution in [2.75, 3.05) is 0 Å². The van der Waals surface area contributed by atoms with E-state index >= 15 is 0 Å². The lowest BCUT2D eigenvalue weighted by Crippen LogP contribution is -2.49. The van der Waals surface area contributed by atoms with Crippen LogP contribution >= 0.6 is 0 Å². The summed E-state index contributed by atoms with van der Waals surface area (Å²) in [6.07, 6.45) is 12.0. The van der Waals surface area contributed by atoms with Crippen molar-refractivity contribution in [3.8, 4) is 0 Å². The molecule has 0 amide bonds. The summed E-state index contributed by atoms with van der Waals surface area (Å²) in [7, 11) is 0. The van der Waals surface area contributed by atoms with Crippen molar-refractivity contribution in [3.63, 3.8) is 0 Å². The van der Waals surface area contributed by atoms with E-state index in [-0.39, 0.29) is 6.10 Å². The Hall–Kier alpha value is -0.780. The lowest BCUT2D eigenvalue weighted by molar-refractivity contribution is -0.0267. The minimum absolute atomic E-state index is 0.0912. The summed E-state index contributed by atoms with van der Waals surface area (Å²) in [5.41, 5.74) is 7.11. The van der Waals surface area contributed by atoms with Crippen LogP contribution in [0.5, 0.6) is 0 Å². The number of hydrogen-bond acceptors (Lipinski definition) is 1. The van der Waals surface area contributed by atoms with E-state index in [9.17, 15) is 5.11 Å². The van der Waals surface area contributed by atoms with Crippen molar-refractivity contribution >= 4 is 0 Å². The van der Waals surface area contributed by atoms with Crippen molar-refractivity contribution in [2.24, 2.45) is 28.6 Å². The van der Waals surface area contributed by atoms with Gasteiger partial charge >= 0.3 is 0 Å². The first kappa shape index (κ1) is 14.8. The van der Waals surface area contributed by atoms with Gasteiger partial charge in [0.05, 0.1) is 6.10 Å². The van der Waals surface area contributed by atoms with Crippen molar-refractivity contribution in [1.29, 1.82) is 0 Å². The highest BCUT2D eigenvalue weighted by molar-refractivity contribution is 5.28. The fraction of sp³-hybridized carbons (Fsp3) is 0.762. The van der Waals surface area contributed by atoms with Crippen LogP contribution in [-0.2, 0) is 0 Å². The molecule has 0 aromatic heterocycles. The highest BCUT2D eigenvalue weighted by atomic mass is 16.3. The second-order valence-corrected chi connectivity index (χ2v) is 8.81. The number of aliphatic hydroxyl groups excluding tert-OH is 1. The summed E-state index contributed by atoms with van der Waals surface area (Å²) < 4.78 is 0. The van der Waals surface area contributed by atoms with Gasteiger partial charge in [0.15, 0.2) is 0 Å². The Balaban J connectivity index is 1.70. The van der Waals surface area contributed by atoms with E-state index < -0.39 is 0 Å². The largest absolute Gasteiger partial charge is 0.393 e. The normalized spacial score (nSPS) is 50.5. The van der Waals surface area contributed by atoms with Gasteiger partial charge in [-0.2, -0.15) is 0 Å². The molecule has 0 spiro atoms. The van der Waals surface area contributed by atoms with E-state index in [0.717, 1.165) is 30.6 Å². The lowest BCUT2D eigenvalue weighted by atomic mass is 9.48. The maximum absolute atomic E-state index is 10.1. The van der Waals surface area contributed by atoms with Crippen LogP contribution in [-0.4, -0.2) is 11.2 Å². The molecule has 4 aliphatic carbocycles. The zero-order valence-corrected chi connectivity index (χ0v) is 14.2. The maximum Gasteiger partial charge on any atom is 0.0577 e. The Morgan fingerprint density at radius 1 is 1.14 bits per heavy atom. The third kappa shape index (κ3) is 1.82. The second kappa shape index (κ2) is 4.86. The van der Waals surface area contributed by atoms with Crippen LogP contribution in [0.1, 0.15) is 65.2 Å². The quantitative estimate of drug-likeness (QED) is 0.491. The van der Waals surface area contributed by atoms with E-state index in [1.54, 1.807) is 5.57 Å². The third-order valence-corrected chi connectivity index (χ3v) is 8.08. The topological polar surface area (TPSA) is 20.2 Å². The number of rotatable bonds is 0. The van der Waals surface area contributed by atoms with Gasteiger partial charge in [-0.3, -0.25) is 0 Å². The highest BCUT2D eigenvalue weighted by Gasteiger charge is 2.57. The van der Waals surface area contributed by atoms with Gasteiger partial charge in [-0.05, 0) is 85.5 Å². The van der Waals surface area contributed by atoms with Gasteiger partial charge in [0.25, 0.3) is 0 Å². The van der Waals surface area contributed by atoms with Gasteiger partial charge in [0.1, 0.15) is 0 Å². The molecule has 6 atom stereocenters. The van der Waals surface area contributed by atoms with Crippen LogP contribution < -0.4 is 0 Å². The Bertz CT molecular complexity index is 566. The molecular weight excluding hydrogens is 268 g/mol. The van der Waals surface area contributed by atoms with Crippen LogP contribution in [0.25, 0.3) is 0 Å². The third-order valence-electron chi connectivity index (χ3n) is 8.08. The molecule has 0 bridgehead atoms. The standard InChI is InChI=1S/C21H30O/c1-4-14-6-8-18-17-7-5-15-13-16(22)9-11-21(15,3)19(17)10-12-20(14,18)2/h5,16-19,22H,1,6-13H2,2-3H3/t16-,17?,18?,19?,20?,21?/m0/s1. The van der Waals surface area contributed by atoms with Gasteiger partial charge in [0, 0.05) is 0 Å². The molecule has 5 unspecified atom stereocenters. The first-order valence-electron chi connectivity index (χ1n) is 9.26. The second-order valence-electron chi connectivity index (χ2n) is 8.81. The summed E-state index contributed by atoms with van der Waals surface area (Å²) in [5, 5.41) is 10.1. The minimum Gasteiger partial charge on any atom is -0.393 e. The number of hydrogen-bond donors (Lipinski definition) is 1. The molecule has 4 aliphatic rings. The monoisotopic (exact) mass is 298 g/mol. The predicted octanol–water partition coefficient (Wildman–Crippen LogP) is 5.02. The molecule has 22 heavy (non-hydrogen) atoms. The SMILES string of the molecule is C=C=C1CCC2C3CC=C4C[C@@H](O)CCC4(C)C3CCC12C. The fourth-order valence-electron chi connectivity index (χ4n) is 6.74. The summed E-state index contributed by atoms with van der Waals surface area (Å²) in [6.45, 7) is 8.96. The highest BCUT2D eigenvalue weighted by Crippen LogP contribution is 2.65. The molecule has 1 N–H and O–H groups in total. The molecule has 0 radical (unpaired) electrons. The molecule has 0 heterocycles. The van der Waals surface area contributed by atoms with Crippen LogP contribution in [0.2, 0.25) is 0 Å². The first-order valence-corrected chi connectivity index (χ1v) is 9.26. The van der Waals surface area contributed by atoms with Crippen LogP contribution in [0.15, 0.2) is 29.5 Å². The van der Waals surface area contributed by atoms with Crippen molar-refractivity contribution in [3.05, 3.63) is 29.5 Å². The fourth-order valence-corrected chi connectivity index (χ4v) is 6.74. The van der Waals surface area contributed by atoms with E-state index in [4.69, 9.17) is 0 Å². The first-order chi connectivity index (χ1) is 10.5. The van der Waals surface area contributed by atoms with E-state index in [1.807, 2.05) is 0 Å². The Kier molecular flexibility index (Phi) is 3.26. The van der Waals surface area contributed by atoms with Gasteiger partial charge in [0.2, 0.25) is 0 Å². The average molecular weight is 298 g/mol. The van der Waals surface area contributed by atoms with Crippen molar-refractivity contribution in [2.45, 2.75) is 71.3 Å². The van der Waals surface area contributed by atoms with Crippen LogP contribution in [0.3, 0.4) is 0 Å². The smallest absolute Gasteiger partial charge is 0.0577 e. The van der Waals surface area contributed by atoms with Crippen molar-refractivity contribution in [1.82, 2.24) is 0 Å². The molecule has 120 valence electrons. The average Bonchev–Trinajstić information content (AvgIpc) is 2.84. The van der Waals surface area contributed by atoms with Gasteiger partial charge < -0.3 is 5.11 Å². The lowest BCUT2D eigenvalue weighted by Gasteiger charge is -2.57. The van der Waals surface area contributed by atoms with Crippen LogP contribution in [0, 0.1) is 28.6 Å². The molecule has 0 aliphatic heterocycles. The van der Waals surface area contributed by atoms with E-state index in [2.05, 4.69) is 32.2 Å². The van der Waals surface area contributed by atoms with Gasteiger partial charge in [-0.25, -0.2) is 0 Å². The van der Waals surface area contributed by atoms with E-state index in [0.29, 0.717) is 10.8 Å². The zero-order chi connectivity index (χ0) is 15.5. The Morgan fingerprint density at radius 2 is 1.86 bits per heavy atom. The molecule has 1 nitrogen and oxygen atoms in total. The van der Waals surface area contributed by atoms with Gasteiger partial charge in [-0.15, -0.1) is 5.73 Å². The molecule has 0 aromatic rings. The molecule has 3 fully saturated rings. The molecule has 3 saturated carbocycles. The number of aliphatic hydroxyl groups is 1.